The van der Waals surface area contributed by atoms with Gasteiger partial charge in [0.1, 0.15) is 0 Å². The highest BCUT2D eigenvalue weighted by molar-refractivity contribution is 6.06. The minimum absolute atomic E-state index is 0.141. The number of hydrogen-bond acceptors (Lipinski definition) is 3. The first-order valence-corrected chi connectivity index (χ1v) is 7.99. The summed E-state index contributed by atoms with van der Waals surface area (Å²) in [6, 6.07) is 9.82. The Labute approximate surface area is 131 Å². The third-order valence-corrected chi connectivity index (χ3v) is 4.37. The number of aryl methyl sites for hydroxylation is 1. The van der Waals surface area contributed by atoms with Crippen molar-refractivity contribution in [2.75, 3.05) is 26.7 Å². The summed E-state index contributed by atoms with van der Waals surface area (Å²) in [5.41, 5.74) is 2.58. The van der Waals surface area contributed by atoms with Crippen LogP contribution in [-0.4, -0.2) is 42.5 Å². The zero-order valence-corrected chi connectivity index (χ0v) is 13.3. The molecule has 1 aliphatic rings. The predicted molar refractivity (Wildman–Crippen MR) is 89.0 cm³/mol. The molecule has 1 atom stereocenters. The van der Waals surface area contributed by atoms with Gasteiger partial charge in [-0.1, -0.05) is 18.2 Å². The molecule has 2 aromatic rings. The topological polar surface area (TPSA) is 45.2 Å². The Morgan fingerprint density at radius 1 is 1.41 bits per heavy atom. The number of rotatable bonds is 3. The van der Waals surface area contributed by atoms with Gasteiger partial charge in [-0.05, 0) is 51.4 Å². The van der Waals surface area contributed by atoms with Crippen molar-refractivity contribution in [2.45, 2.75) is 19.8 Å². The van der Waals surface area contributed by atoms with E-state index in [9.17, 15) is 4.79 Å². The molecule has 0 spiro atoms. The Hall–Kier alpha value is -1.94. The Bertz CT molecular complexity index is 681. The molecule has 1 amide bonds. The molecule has 1 N–H and O–H groups in total. The lowest BCUT2D eigenvalue weighted by atomic mass is 9.96. The third kappa shape index (κ3) is 2.97. The molecule has 116 valence electrons. The van der Waals surface area contributed by atoms with Crippen LogP contribution in [0.1, 0.15) is 28.9 Å². The molecule has 0 saturated carbocycles. The van der Waals surface area contributed by atoms with Crippen molar-refractivity contribution in [2.24, 2.45) is 5.92 Å². The van der Waals surface area contributed by atoms with Crippen LogP contribution in [0, 0.1) is 12.8 Å². The fourth-order valence-electron chi connectivity index (χ4n) is 3.36. The number of hydrogen-bond donors (Lipinski definition) is 1. The number of nitrogens with zero attached hydrogens (tertiary/aromatic N) is 2. The molecule has 0 aliphatic carbocycles. The van der Waals surface area contributed by atoms with Gasteiger partial charge in [0.05, 0.1) is 11.1 Å². The standard InChI is InChI=1S/C18H23N3O/c1-13-10-16(15-7-3-4-8-17(15)20-13)18(22)21-9-5-6-14(12-21)11-19-2/h3-4,7-8,10,14,19H,5-6,9,11-12H2,1-2H3. The van der Waals surface area contributed by atoms with Crippen molar-refractivity contribution in [1.82, 2.24) is 15.2 Å². The molecule has 22 heavy (non-hydrogen) atoms. The van der Waals surface area contributed by atoms with E-state index in [1.165, 1.54) is 6.42 Å². The molecular weight excluding hydrogens is 274 g/mol. The normalized spacial score (nSPS) is 18.6. The number of carbonyl (C=O) groups is 1. The van der Waals surface area contributed by atoms with Gasteiger partial charge in [0, 0.05) is 24.2 Å². The summed E-state index contributed by atoms with van der Waals surface area (Å²) in [5, 5.41) is 4.18. The van der Waals surface area contributed by atoms with Crippen LogP contribution in [0.15, 0.2) is 30.3 Å². The van der Waals surface area contributed by atoms with Crippen molar-refractivity contribution in [3.05, 3.63) is 41.6 Å². The van der Waals surface area contributed by atoms with E-state index in [0.717, 1.165) is 48.2 Å². The molecule has 1 aromatic heterocycles. The van der Waals surface area contributed by atoms with E-state index in [0.29, 0.717) is 5.92 Å². The van der Waals surface area contributed by atoms with Crippen LogP contribution in [0.5, 0.6) is 0 Å². The second kappa shape index (κ2) is 6.44. The van der Waals surface area contributed by atoms with Crippen LogP contribution in [-0.2, 0) is 0 Å². The zero-order chi connectivity index (χ0) is 15.5. The predicted octanol–water partition coefficient (Wildman–Crippen LogP) is 2.61. The zero-order valence-electron chi connectivity index (χ0n) is 13.3. The minimum Gasteiger partial charge on any atom is -0.338 e. The van der Waals surface area contributed by atoms with E-state index in [-0.39, 0.29) is 5.91 Å². The molecule has 0 bridgehead atoms. The fourth-order valence-corrected chi connectivity index (χ4v) is 3.36. The number of aromatic nitrogens is 1. The van der Waals surface area contributed by atoms with Crippen LogP contribution >= 0.6 is 0 Å². The fraction of sp³-hybridized carbons (Fsp3) is 0.444. The summed E-state index contributed by atoms with van der Waals surface area (Å²) in [7, 11) is 1.97. The Morgan fingerprint density at radius 2 is 2.23 bits per heavy atom. The lowest BCUT2D eigenvalue weighted by Gasteiger charge is -2.33. The van der Waals surface area contributed by atoms with Gasteiger partial charge in [0.2, 0.25) is 0 Å². The van der Waals surface area contributed by atoms with Crippen molar-refractivity contribution in [3.8, 4) is 0 Å². The van der Waals surface area contributed by atoms with Crippen molar-refractivity contribution in [3.63, 3.8) is 0 Å². The number of carbonyl (C=O) groups excluding carboxylic acids is 1. The number of pyridine rings is 1. The lowest BCUT2D eigenvalue weighted by Crippen LogP contribution is -2.42. The van der Waals surface area contributed by atoms with Crippen molar-refractivity contribution in [1.29, 1.82) is 0 Å². The third-order valence-electron chi connectivity index (χ3n) is 4.37. The first-order valence-electron chi connectivity index (χ1n) is 7.99. The minimum atomic E-state index is 0.141. The first-order chi connectivity index (χ1) is 10.7. The van der Waals surface area contributed by atoms with Crippen molar-refractivity contribution >= 4 is 16.8 Å². The first kappa shape index (κ1) is 15.0. The molecule has 1 saturated heterocycles. The number of benzene rings is 1. The summed E-state index contributed by atoms with van der Waals surface area (Å²) in [6.07, 6.45) is 2.28. The van der Waals surface area contributed by atoms with Gasteiger partial charge in [-0.3, -0.25) is 9.78 Å². The maximum absolute atomic E-state index is 13.0. The van der Waals surface area contributed by atoms with E-state index >= 15 is 0 Å². The largest absolute Gasteiger partial charge is 0.338 e. The molecule has 1 fully saturated rings. The number of likely N-dealkylation sites (tertiary alicyclic amines) is 1. The molecular formula is C18H23N3O. The number of nitrogens with one attached hydrogen (secondary N) is 1. The van der Waals surface area contributed by atoms with Gasteiger partial charge in [-0.2, -0.15) is 0 Å². The van der Waals surface area contributed by atoms with E-state index in [4.69, 9.17) is 0 Å². The van der Waals surface area contributed by atoms with Crippen LogP contribution in [0.25, 0.3) is 10.9 Å². The highest BCUT2D eigenvalue weighted by Gasteiger charge is 2.25. The molecule has 4 nitrogen and oxygen atoms in total. The lowest BCUT2D eigenvalue weighted by molar-refractivity contribution is 0.0676. The highest BCUT2D eigenvalue weighted by atomic mass is 16.2. The van der Waals surface area contributed by atoms with E-state index in [1.807, 2.05) is 49.2 Å². The maximum Gasteiger partial charge on any atom is 0.254 e. The smallest absolute Gasteiger partial charge is 0.254 e. The summed E-state index contributed by atoms with van der Waals surface area (Å²) in [6.45, 7) is 4.62. The number of piperidine rings is 1. The monoisotopic (exact) mass is 297 g/mol. The van der Waals surface area contributed by atoms with Crippen LogP contribution in [0.3, 0.4) is 0 Å². The molecule has 2 heterocycles. The number of para-hydroxylation sites is 1. The Kier molecular flexibility index (Phi) is 4.39. The summed E-state index contributed by atoms with van der Waals surface area (Å²) >= 11 is 0. The summed E-state index contributed by atoms with van der Waals surface area (Å²) in [4.78, 5) is 19.5. The van der Waals surface area contributed by atoms with Gasteiger partial charge in [0.25, 0.3) is 5.91 Å². The average molecular weight is 297 g/mol. The quantitative estimate of drug-likeness (QED) is 0.947. The molecule has 1 unspecified atom stereocenters. The Balaban J connectivity index is 1.91. The van der Waals surface area contributed by atoms with Gasteiger partial charge < -0.3 is 10.2 Å². The second-order valence-corrected chi connectivity index (χ2v) is 6.15. The maximum atomic E-state index is 13.0. The van der Waals surface area contributed by atoms with E-state index < -0.39 is 0 Å². The molecule has 4 heteroatoms. The van der Waals surface area contributed by atoms with Crippen LogP contribution in [0.2, 0.25) is 0 Å². The Morgan fingerprint density at radius 3 is 3.05 bits per heavy atom. The summed E-state index contributed by atoms with van der Waals surface area (Å²) < 4.78 is 0. The van der Waals surface area contributed by atoms with Crippen LogP contribution < -0.4 is 5.32 Å². The highest BCUT2D eigenvalue weighted by Crippen LogP contribution is 2.23. The van der Waals surface area contributed by atoms with Crippen molar-refractivity contribution < 1.29 is 4.79 Å². The SMILES string of the molecule is CNCC1CCCN(C(=O)c2cc(C)nc3ccccc23)C1. The average Bonchev–Trinajstić information content (AvgIpc) is 2.54. The molecule has 1 aliphatic heterocycles. The van der Waals surface area contributed by atoms with E-state index in [1.54, 1.807) is 0 Å². The van der Waals surface area contributed by atoms with E-state index in [2.05, 4.69) is 10.3 Å². The van der Waals surface area contributed by atoms with Gasteiger partial charge >= 0.3 is 0 Å². The number of amides is 1. The number of fused-ring (bicyclic) bond motifs is 1. The molecule has 0 radical (unpaired) electrons. The van der Waals surface area contributed by atoms with Gasteiger partial charge in [-0.15, -0.1) is 0 Å². The van der Waals surface area contributed by atoms with Gasteiger partial charge in [-0.25, -0.2) is 0 Å². The second-order valence-electron chi connectivity index (χ2n) is 6.15. The van der Waals surface area contributed by atoms with Crippen LogP contribution in [0.4, 0.5) is 0 Å². The molecule has 3 rings (SSSR count). The summed E-state index contributed by atoms with van der Waals surface area (Å²) in [5.74, 6) is 0.694. The van der Waals surface area contributed by atoms with Gasteiger partial charge in [0.15, 0.2) is 0 Å². The molecule has 1 aromatic carbocycles.